The summed E-state index contributed by atoms with van der Waals surface area (Å²) in [4.78, 5) is 12.1. The summed E-state index contributed by atoms with van der Waals surface area (Å²) in [7, 11) is 0. The van der Waals surface area contributed by atoms with Crippen LogP contribution in [-0.4, -0.2) is 5.91 Å². The van der Waals surface area contributed by atoms with E-state index >= 15 is 0 Å². The SMILES string of the molecule is Cc1cccc(C(=O)N[C@H](C)c2ccccc2)c1. The third-order valence-electron chi connectivity index (χ3n) is 2.93. The fraction of sp³-hybridized carbons (Fsp3) is 0.188. The van der Waals surface area contributed by atoms with E-state index < -0.39 is 0 Å². The van der Waals surface area contributed by atoms with E-state index in [2.05, 4.69) is 5.32 Å². The molecule has 0 heterocycles. The van der Waals surface area contributed by atoms with Gasteiger partial charge >= 0.3 is 0 Å². The molecule has 18 heavy (non-hydrogen) atoms. The van der Waals surface area contributed by atoms with Crippen LogP contribution in [-0.2, 0) is 0 Å². The molecule has 0 radical (unpaired) electrons. The highest BCUT2D eigenvalue weighted by molar-refractivity contribution is 5.94. The average molecular weight is 239 g/mol. The molecule has 2 nitrogen and oxygen atoms in total. The molecule has 1 atom stereocenters. The molecule has 0 fully saturated rings. The minimum absolute atomic E-state index is 0.0132. The fourth-order valence-electron chi connectivity index (χ4n) is 1.89. The summed E-state index contributed by atoms with van der Waals surface area (Å²) >= 11 is 0. The molecular formula is C16H17NO. The lowest BCUT2D eigenvalue weighted by molar-refractivity contribution is 0.0940. The van der Waals surface area contributed by atoms with E-state index in [9.17, 15) is 4.79 Å². The van der Waals surface area contributed by atoms with E-state index in [-0.39, 0.29) is 11.9 Å². The van der Waals surface area contributed by atoms with Crippen molar-refractivity contribution in [2.24, 2.45) is 0 Å². The standard InChI is InChI=1S/C16H17NO/c1-12-7-6-10-15(11-12)16(18)17-13(2)14-8-4-3-5-9-14/h3-11,13H,1-2H3,(H,17,18)/t13-/m1/s1. The minimum atomic E-state index is -0.0324. The van der Waals surface area contributed by atoms with E-state index in [4.69, 9.17) is 0 Å². The van der Waals surface area contributed by atoms with Crippen molar-refractivity contribution in [2.75, 3.05) is 0 Å². The number of hydrogen-bond acceptors (Lipinski definition) is 1. The van der Waals surface area contributed by atoms with Gasteiger partial charge in [-0.1, -0.05) is 48.0 Å². The first-order chi connectivity index (χ1) is 8.66. The Morgan fingerprint density at radius 3 is 2.44 bits per heavy atom. The maximum atomic E-state index is 12.1. The number of rotatable bonds is 3. The highest BCUT2D eigenvalue weighted by Gasteiger charge is 2.10. The summed E-state index contributed by atoms with van der Waals surface area (Å²) in [6.07, 6.45) is 0. The molecule has 2 aromatic carbocycles. The van der Waals surface area contributed by atoms with Crippen LogP contribution in [0.25, 0.3) is 0 Å². The first-order valence-electron chi connectivity index (χ1n) is 6.09. The Morgan fingerprint density at radius 1 is 1.06 bits per heavy atom. The smallest absolute Gasteiger partial charge is 0.251 e. The Morgan fingerprint density at radius 2 is 1.78 bits per heavy atom. The van der Waals surface area contributed by atoms with Crippen molar-refractivity contribution in [3.8, 4) is 0 Å². The van der Waals surface area contributed by atoms with E-state index in [1.807, 2.05) is 68.4 Å². The Hall–Kier alpha value is -2.09. The van der Waals surface area contributed by atoms with Crippen molar-refractivity contribution in [1.82, 2.24) is 5.32 Å². The molecule has 2 aromatic rings. The van der Waals surface area contributed by atoms with Crippen molar-refractivity contribution in [3.63, 3.8) is 0 Å². The molecule has 0 bridgehead atoms. The highest BCUT2D eigenvalue weighted by atomic mass is 16.1. The summed E-state index contributed by atoms with van der Waals surface area (Å²) in [6, 6.07) is 17.6. The van der Waals surface area contributed by atoms with Crippen LogP contribution in [0.15, 0.2) is 54.6 Å². The van der Waals surface area contributed by atoms with Crippen LogP contribution in [0.2, 0.25) is 0 Å². The van der Waals surface area contributed by atoms with Gasteiger partial charge in [-0.3, -0.25) is 4.79 Å². The number of aryl methyl sites for hydroxylation is 1. The second-order valence-corrected chi connectivity index (χ2v) is 4.48. The highest BCUT2D eigenvalue weighted by Crippen LogP contribution is 2.12. The molecule has 0 aromatic heterocycles. The zero-order valence-corrected chi connectivity index (χ0v) is 10.7. The minimum Gasteiger partial charge on any atom is -0.346 e. The van der Waals surface area contributed by atoms with Gasteiger partial charge in [0.25, 0.3) is 5.91 Å². The predicted molar refractivity (Wildman–Crippen MR) is 73.5 cm³/mol. The summed E-state index contributed by atoms with van der Waals surface area (Å²) in [5, 5.41) is 3.00. The third-order valence-corrected chi connectivity index (χ3v) is 2.93. The summed E-state index contributed by atoms with van der Waals surface area (Å²) in [5.74, 6) is -0.0324. The van der Waals surface area contributed by atoms with E-state index in [1.54, 1.807) is 0 Å². The van der Waals surface area contributed by atoms with Crippen molar-refractivity contribution >= 4 is 5.91 Å². The molecule has 2 heteroatoms. The molecule has 0 aliphatic heterocycles. The normalized spacial score (nSPS) is 11.9. The van der Waals surface area contributed by atoms with Crippen molar-refractivity contribution in [3.05, 3.63) is 71.3 Å². The van der Waals surface area contributed by atoms with Gasteiger partial charge in [-0.05, 0) is 31.5 Å². The van der Waals surface area contributed by atoms with Crippen molar-refractivity contribution in [1.29, 1.82) is 0 Å². The van der Waals surface area contributed by atoms with Gasteiger partial charge < -0.3 is 5.32 Å². The molecule has 2 rings (SSSR count). The van der Waals surface area contributed by atoms with Crippen molar-refractivity contribution in [2.45, 2.75) is 19.9 Å². The third kappa shape index (κ3) is 2.98. The Bertz CT molecular complexity index is 534. The number of carbonyl (C=O) groups excluding carboxylic acids is 1. The van der Waals surface area contributed by atoms with Gasteiger partial charge in [0.15, 0.2) is 0 Å². The number of benzene rings is 2. The van der Waals surface area contributed by atoms with Gasteiger partial charge in [0.05, 0.1) is 6.04 Å². The number of nitrogens with one attached hydrogen (secondary N) is 1. The zero-order chi connectivity index (χ0) is 13.0. The molecule has 0 unspecified atom stereocenters. The lowest BCUT2D eigenvalue weighted by atomic mass is 10.1. The number of carbonyl (C=O) groups is 1. The average Bonchev–Trinajstić information content (AvgIpc) is 2.39. The predicted octanol–water partition coefficient (Wildman–Crippen LogP) is 3.49. The van der Waals surface area contributed by atoms with Gasteiger partial charge in [-0.25, -0.2) is 0 Å². The number of amides is 1. The molecule has 0 aliphatic rings. The van der Waals surface area contributed by atoms with Gasteiger partial charge in [-0.15, -0.1) is 0 Å². The molecule has 0 saturated carbocycles. The lowest BCUT2D eigenvalue weighted by Crippen LogP contribution is -2.26. The Kier molecular flexibility index (Phi) is 3.78. The van der Waals surface area contributed by atoms with Gasteiger partial charge in [0.1, 0.15) is 0 Å². The second kappa shape index (κ2) is 5.50. The van der Waals surface area contributed by atoms with Crippen LogP contribution >= 0.6 is 0 Å². The van der Waals surface area contributed by atoms with Gasteiger partial charge in [0, 0.05) is 5.56 Å². The maximum absolute atomic E-state index is 12.1. The quantitative estimate of drug-likeness (QED) is 0.872. The molecular weight excluding hydrogens is 222 g/mol. The summed E-state index contributed by atoms with van der Waals surface area (Å²) in [6.45, 7) is 3.97. The van der Waals surface area contributed by atoms with E-state index in [0.717, 1.165) is 11.1 Å². The molecule has 0 spiro atoms. The van der Waals surface area contributed by atoms with Crippen LogP contribution in [0.4, 0.5) is 0 Å². The molecule has 1 amide bonds. The van der Waals surface area contributed by atoms with E-state index in [0.29, 0.717) is 5.56 Å². The van der Waals surface area contributed by atoms with Crippen molar-refractivity contribution < 1.29 is 4.79 Å². The lowest BCUT2D eigenvalue weighted by Gasteiger charge is -2.14. The maximum Gasteiger partial charge on any atom is 0.251 e. The second-order valence-electron chi connectivity index (χ2n) is 4.48. The van der Waals surface area contributed by atoms with Crippen LogP contribution in [0, 0.1) is 6.92 Å². The van der Waals surface area contributed by atoms with Crippen LogP contribution in [0.3, 0.4) is 0 Å². The molecule has 92 valence electrons. The summed E-state index contributed by atoms with van der Waals surface area (Å²) < 4.78 is 0. The molecule has 1 N–H and O–H groups in total. The monoisotopic (exact) mass is 239 g/mol. The summed E-state index contributed by atoms with van der Waals surface area (Å²) in [5.41, 5.74) is 2.91. The Labute approximate surface area is 108 Å². The fourth-order valence-corrected chi connectivity index (χ4v) is 1.89. The van der Waals surface area contributed by atoms with Crippen LogP contribution in [0.1, 0.15) is 34.5 Å². The van der Waals surface area contributed by atoms with Crippen LogP contribution < -0.4 is 5.32 Å². The topological polar surface area (TPSA) is 29.1 Å². The van der Waals surface area contributed by atoms with E-state index in [1.165, 1.54) is 0 Å². The van der Waals surface area contributed by atoms with Gasteiger partial charge in [0.2, 0.25) is 0 Å². The van der Waals surface area contributed by atoms with Crippen LogP contribution in [0.5, 0.6) is 0 Å². The largest absolute Gasteiger partial charge is 0.346 e. The molecule has 0 saturated heterocycles. The Balaban J connectivity index is 2.08. The number of hydrogen-bond donors (Lipinski definition) is 1. The molecule has 0 aliphatic carbocycles. The first-order valence-corrected chi connectivity index (χ1v) is 6.09. The van der Waals surface area contributed by atoms with Gasteiger partial charge in [-0.2, -0.15) is 0 Å². The first kappa shape index (κ1) is 12.4. The zero-order valence-electron chi connectivity index (χ0n) is 10.7.